The van der Waals surface area contributed by atoms with Crippen molar-refractivity contribution in [2.75, 3.05) is 14.1 Å². The number of fused-ring (bicyclic) bond motifs is 1. The second-order valence-electron chi connectivity index (χ2n) is 6.63. The average molecular weight is 384 g/mol. The summed E-state index contributed by atoms with van der Waals surface area (Å²) in [6, 6.07) is 11.7. The number of pyridine rings is 1. The van der Waals surface area contributed by atoms with E-state index in [1.807, 2.05) is 32.0 Å². The van der Waals surface area contributed by atoms with Gasteiger partial charge in [0.1, 0.15) is 0 Å². The molecule has 0 aliphatic carbocycles. The van der Waals surface area contributed by atoms with Gasteiger partial charge >= 0.3 is 5.97 Å². The molecule has 0 aliphatic rings. The number of hydrogen-bond acceptors (Lipinski definition) is 4. The van der Waals surface area contributed by atoms with Gasteiger partial charge < -0.3 is 5.11 Å². The Labute approximate surface area is 158 Å². The molecule has 0 bridgehead atoms. The molecule has 1 aromatic heterocycles. The highest BCUT2D eigenvalue weighted by molar-refractivity contribution is 7.89. The van der Waals surface area contributed by atoms with Crippen molar-refractivity contribution in [1.82, 2.24) is 9.29 Å². The van der Waals surface area contributed by atoms with Gasteiger partial charge in [-0.2, -0.15) is 0 Å². The van der Waals surface area contributed by atoms with Crippen molar-refractivity contribution >= 4 is 26.9 Å². The van der Waals surface area contributed by atoms with Crippen LogP contribution in [0, 0.1) is 13.8 Å². The molecule has 1 heterocycles. The molecule has 0 saturated heterocycles. The Bertz CT molecular complexity index is 1170. The number of benzene rings is 2. The summed E-state index contributed by atoms with van der Waals surface area (Å²) in [5, 5.41) is 9.96. The molecule has 140 valence electrons. The first-order valence-corrected chi connectivity index (χ1v) is 9.73. The zero-order chi connectivity index (χ0) is 19.9. The number of carboxylic acid groups (broad SMARTS) is 1. The lowest BCUT2D eigenvalue weighted by Crippen LogP contribution is -2.22. The van der Waals surface area contributed by atoms with Gasteiger partial charge in [0.15, 0.2) is 0 Å². The molecule has 0 fully saturated rings. The molecular formula is C20H20N2O4S. The van der Waals surface area contributed by atoms with Crippen molar-refractivity contribution < 1.29 is 18.3 Å². The minimum absolute atomic E-state index is 0.0176. The van der Waals surface area contributed by atoms with E-state index in [0.29, 0.717) is 11.2 Å². The normalized spacial score (nSPS) is 11.9. The van der Waals surface area contributed by atoms with E-state index in [1.54, 1.807) is 6.07 Å². The maximum atomic E-state index is 12.4. The van der Waals surface area contributed by atoms with Crippen LogP contribution < -0.4 is 0 Å². The predicted octanol–water partition coefficient (Wildman–Crippen LogP) is 3.47. The maximum Gasteiger partial charge on any atom is 0.336 e. The molecule has 0 radical (unpaired) electrons. The van der Waals surface area contributed by atoms with Crippen molar-refractivity contribution in [3.8, 4) is 11.3 Å². The van der Waals surface area contributed by atoms with Crippen molar-refractivity contribution in [1.29, 1.82) is 0 Å². The lowest BCUT2D eigenvalue weighted by molar-refractivity contribution is 0.0699. The first kappa shape index (κ1) is 19.0. The Hall–Kier alpha value is -2.77. The van der Waals surface area contributed by atoms with Crippen LogP contribution in [-0.2, 0) is 10.0 Å². The molecule has 7 heteroatoms. The lowest BCUT2D eigenvalue weighted by atomic mass is 10.0. The third kappa shape index (κ3) is 3.43. The van der Waals surface area contributed by atoms with Crippen LogP contribution >= 0.6 is 0 Å². The van der Waals surface area contributed by atoms with Gasteiger partial charge in [-0.05, 0) is 55.3 Å². The Balaban J connectivity index is 2.27. The summed E-state index contributed by atoms with van der Waals surface area (Å²) in [6.45, 7) is 3.98. The largest absolute Gasteiger partial charge is 0.478 e. The summed E-state index contributed by atoms with van der Waals surface area (Å²) in [6.07, 6.45) is 0. The fourth-order valence-electron chi connectivity index (χ4n) is 2.80. The standard InChI is InChI=1S/C20H20N2O4S/c1-12-5-6-14(9-13(12)2)19-11-17(20(23)24)16-10-15(7-8-18(16)21-19)27(25,26)22(3)4/h5-11H,1-4H3,(H,23,24). The smallest absolute Gasteiger partial charge is 0.336 e. The fourth-order valence-corrected chi connectivity index (χ4v) is 3.73. The van der Waals surface area contributed by atoms with Gasteiger partial charge in [0.25, 0.3) is 0 Å². The molecule has 0 unspecified atom stereocenters. The molecule has 0 spiro atoms. The molecular weight excluding hydrogens is 364 g/mol. The van der Waals surface area contributed by atoms with E-state index in [2.05, 4.69) is 4.98 Å². The van der Waals surface area contributed by atoms with Crippen LogP contribution in [0.15, 0.2) is 47.4 Å². The molecule has 2 aromatic carbocycles. The summed E-state index contributed by atoms with van der Waals surface area (Å²) < 4.78 is 25.8. The van der Waals surface area contributed by atoms with Crippen molar-refractivity contribution in [2.24, 2.45) is 0 Å². The number of carbonyl (C=O) groups is 1. The monoisotopic (exact) mass is 384 g/mol. The molecule has 0 aliphatic heterocycles. The van der Waals surface area contributed by atoms with Gasteiger partial charge in [-0.3, -0.25) is 0 Å². The number of nitrogens with zero attached hydrogens (tertiary/aromatic N) is 2. The number of aromatic carboxylic acids is 1. The third-order valence-electron chi connectivity index (χ3n) is 4.59. The minimum Gasteiger partial charge on any atom is -0.478 e. The minimum atomic E-state index is -3.67. The van der Waals surface area contributed by atoms with E-state index in [1.165, 1.54) is 32.3 Å². The summed E-state index contributed by atoms with van der Waals surface area (Å²) in [5.74, 6) is -1.13. The molecule has 6 nitrogen and oxygen atoms in total. The Morgan fingerprint density at radius 3 is 2.30 bits per heavy atom. The van der Waals surface area contributed by atoms with Crippen molar-refractivity contribution in [2.45, 2.75) is 18.7 Å². The third-order valence-corrected chi connectivity index (χ3v) is 6.40. The molecule has 0 atom stereocenters. The maximum absolute atomic E-state index is 12.4. The van der Waals surface area contributed by atoms with E-state index >= 15 is 0 Å². The first-order valence-electron chi connectivity index (χ1n) is 8.29. The summed E-state index contributed by atoms with van der Waals surface area (Å²) in [7, 11) is -0.812. The number of aromatic nitrogens is 1. The summed E-state index contributed by atoms with van der Waals surface area (Å²) in [5.41, 5.74) is 4.01. The predicted molar refractivity (Wildman–Crippen MR) is 104 cm³/mol. The summed E-state index contributed by atoms with van der Waals surface area (Å²) >= 11 is 0. The van der Waals surface area contributed by atoms with Gasteiger partial charge in [-0.25, -0.2) is 22.5 Å². The Kier molecular flexibility index (Phi) is 4.75. The van der Waals surface area contributed by atoms with E-state index in [4.69, 9.17) is 0 Å². The van der Waals surface area contributed by atoms with E-state index in [0.717, 1.165) is 21.0 Å². The zero-order valence-corrected chi connectivity index (χ0v) is 16.3. The Morgan fingerprint density at radius 2 is 1.70 bits per heavy atom. The summed E-state index contributed by atoms with van der Waals surface area (Å²) in [4.78, 5) is 16.4. The second kappa shape index (κ2) is 6.75. The zero-order valence-electron chi connectivity index (χ0n) is 15.5. The van der Waals surface area contributed by atoms with Crippen LogP contribution in [-0.4, -0.2) is 42.9 Å². The van der Waals surface area contributed by atoms with E-state index in [-0.39, 0.29) is 15.8 Å². The second-order valence-corrected chi connectivity index (χ2v) is 8.78. The molecule has 3 rings (SSSR count). The molecule has 27 heavy (non-hydrogen) atoms. The van der Waals surface area contributed by atoms with Gasteiger partial charge in [0.2, 0.25) is 10.0 Å². The first-order chi connectivity index (χ1) is 12.6. The van der Waals surface area contributed by atoms with Crippen LogP contribution in [0.4, 0.5) is 0 Å². The number of hydrogen-bond donors (Lipinski definition) is 1. The van der Waals surface area contributed by atoms with Crippen LogP contribution in [0.3, 0.4) is 0 Å². The highest BCUT2D eigenvalue weighted by Gasteiger charge is 2.20. The van der Waals surface area contributed by atoms with Crippen LogP contribution in [0.2, 0.25) is 0 Å². The number of carboxylic acids is 1. The highest BCUT2D eigenvalue weighted by atomic mass is 32.2. The molecule has 0 amide bonds. The quantitative estimate of drug-likeness (QED) is 0.744. The van der Waals surface area contributed by atoms with Crippen LogP contribution in [0.1, 0.15) is 21.5 Å². The number of aryl methyl sites for hydroxylation is 2. The topological polar surface area (TPSA) is 87.6 Å². The van der Waals surface area contributed by atoms with E-state index < -0.39 is 16.0 Å². The lowest BCUT2D eigenvalue weighted by Gasteiger charge is -2.13. The van der Waals surface area contributed by atoms with Gasteiger partial charge in [0, 0.05) is 25.0 Å². The van der Waals surface area contributed by atoms with Crippen LogP contribution in [0.25, 0.3) is 22.2 Å². The molecule has 3 aromatic rings. The van der Waals surface area contributed by atoms with Gasteiger partial charge in [-0.15, -0.1) is 0 Å². The highest BCUT2D eigenvalue weighted by Crippen LogP contribution is 2.28. The van der Waals surface area contributed by atoms with Crippen molar-refractivity contribution in [3.05, 3.63) is 59.2 Å². The molecule has 1 N–H and O–H groups in total. The number of sulfonamides is 1. The van der Waals surface area contributed by atoms with Gasteiger partial charge in [-0.1, -0.05) is 12.1 Å². The SMILES string of the molecule is Cc1ccc(-c2cc(C(=O)O)c3cc(S(=O)(=O)N(C)C)ccc3n2)cc1C. The Morgan fingerprint density at radius 1 is 1.00 bits per heavy atom. The van der Waals surface area contributed by atoms with E-state index in [9.17, 15) is 18.3 Å². The molecule has 0 saturated carbocycles. The fraction of sp³-hybridized carbons (Fsp3) is 0.200. The van der Waals surface area contributed by atoms with Crippen LogP contribution in [0.5, 0.6) is 0 Å². The number of rotatable bonds is 4. The average Bonchev–Trinajstić information content (AvgIpc) is 2.62. The van der Waals surface area contributed by atoms with Gasteiger partial charge in [0.05, 0.1) is 21.7 Å². The van der Waals surface area contributed by atoms with Crippen molar-refractivity contribution in [3.63, 3.8) is 0 Å².